The third-order valence-electron chi connectivity index (χ3n) is 6.21. The average molecular weight is 447 g/mol. The zero-order chi connectivity index (χ0) is 22.8. The summed E-state index contributed by atoms with van der Waals surface area (Å²) in [4.78, 5) is 17.9. The molecular weight excluding hydrogens is 420 g/mol. The Morgan fingerprint density at radius 2 is 2.09 bits per heavy atom. The Bertz CT molecular complexity index is 1190. The molecule has 3 aromatic rings. The molecule has 2 fully saturated rings. The third-order valence-corrected chi connectivity index (χ3v) is 6.21. The smallest absolute Gasteiger partial charge is 0.410 e. The van der Waals surface area contributed by atoms with Crippen molar-refractivity contribution in [1.29, 1.82) is 0 Å². The van der Waals surface area contributed by atoms with Crippen LogP contribution in [-0.4, -0.2) is 56.6 Å². The van der Waals surface area contributed by atoms with Crippen molar-refractivity contribution in [3.8, 4) is 11.8 Å². The van der Waals surface area contributed by atoms with Gasteiger partial charge < -0.3 is 23.8 Å². The molecule has 1 aliphatic heterocycles. The lowest BCUT2D eigenvalue weighted by Gasteiger charge is -2.12. The second-order valence-electron chi connectivity index (χ2n) is 8.58. The maximum Gasteiger partial charge on any atom is 0.410 e. The monoisotopic (exact) mass is 446 g/mol. The minimum Gasteiger partial charge on any atom is -0.442 e. The van der Waals surface area contributed by atoms with Crippen LogP contribution in [0.15, 0.2) is 47.2 Å². The largest absolute Gasteiger partial charge is 0.442 e. The average Bonchev–Trinajstić information content (AvgIpc) is 3.14. The molecule has 3 heterocycles. The number of imidazole rings is 1. The summed E-state index contributed by atoms with van der Waals surface area (Å²) in [6.45, 7) is 3.70. The Balaban J connectivity index is 1.16. The zero-order valence-electron chi connectivity index (χ0n) is 18.5. The van der Waals surface area contributed by atoms with E-state index in [4.69, 9.17) is 14.4 Å². The van der Waals surface area contributed by atoms with Crippen LogP contribution in [0.2, 0.25) is 0 Å². The van der Waals surface area contributed by atoms with E-state index in [0.29, 0.717) is 37.2 Å². The molecule has 3 atom stereocenters. The van der Waals surface area contributed by atoms with Gasteiger partial charge in [-0.05, 0) is 41.9 Å². The molecule has 2 aromatic heterocycles. The van der Waals surface area contributed by atoms with Crippen LogP contribution in [0, 0.1) is 17.8 Å². The van der Waals surface area contributed by atoms with Gasteiger partial charge in [0.15, 0.2) is 0 Å². The molecule has 0 bridgehead atoms. The van der Waals surface area contributed by atoms with Crippen LogP contribution in [-0.2, 0) is 17.7 Å². The Labute approximate surface area is 192 Å². The van der Waals surface area contributed by atoms with Crippen molar-refractivity contribution >= 4 is 6.09 Å². The van der Waals surface area contributed by atoms with Crippen molar-refractivity contribution in [3.05, 3.63) is 71.1 Å². The number of aliphatic hydroxyl groups excluding tert-OH is 1. The molecule has 1 amide bonds. The number of aromatic nitrogens is 3. The number of hydrogen-bond donors (Lipinski definition) is 1. The molecule has 170 valence electrons. The van der Waals surface area contributed by atoms with E-state index in [-0.39, 0.29) is 12.7 Å². The maximum absolute atomic E-state index is 11.9. The van der Waals surface area contributed by atoms with Crippen LogP contribution in [0.4, 0.5) is 4.79 Å². The van der Waals surface area contributed by atoms with E-state index >= 15 is 0 Å². The van der Waals surface area contributed by atoms with Crippen molar-refractivity contribution in [1.82, 2.24) is 19.6 Å². The Hall–Kier alpha value is -3.57. The highest BCUT2D eigenvalue weighted by Gasteiger charge is 2.42. The van der Waals surface area contributed by atoms with Crippen LogP contribution in [0.5, 0.6) is 0 Å². The number of nitrogens with zero attached hydrogens (tertiary/aromatic N) is 4. The first-order valence-electron chi connectivity index (χ1n) is 11.3. The van der Waals surface area contributed by atoms with Gasteiger partial charge in [-0.15, -0.1) is 0 Å². The number of aryl methyl sites for hydroxylation is 1. The molecule has 1 saturated heterocycles. The quantitative estimate of drug-likeness (QED) is 0.561. The van der Waals surface area contributed by atoms with Crippen LogP contribution < -0.4 is 0 Å². The highest BCUT2D eigenvalue weighted by molar-refractivity contribution is 5.70. The fourth-order valence-electron chi connectivity index (χ4n) is 4.33. The molecule has 1 aliphatic carbocycles. The second-order valence-corrected chi connectivity index (χ2v) is 8.58. The van der Waals surface area contributed by atoms with Crippen LogP contribution in [0.25, 0.3) is 0 Å². The summed E-state index contributed by atoms with van der Waals surface area (Å²) < 4.78 is 12.5. The number of carbonyl (C=O) groups is 1. The Kier molecular flexibility index (Phi) is 5.88. The van der Waals surface area contributed by atoms with Gasteiger partial charge in [0.1, 0.15) is 17.6 Å². The molecule has 0 spiro atoms. The number of ether oxygens (including phenoxy) is 1. The van der Waals surface area contributed by atoms with Gasteiger partial charge in [0.2, 0.25) is 5.76 Å². The second kappa shape index (κ2) is 9.12. The van der Waals surface area contributed by atoms with Gasteiger partial charge in [0, 0.05) is 37.0 Å². The molecule has 0 radical (unpaired) electrons. The van der Waals surface area contributed by atoms with Gasteiger partial charge in [0.05, 0.1) is 19.7 Å². The summed E-state index contributed by atoms with van der Waals surface area (Å²) >= 11 is 0. The van der Waals surface area contributed by atoms with E-state index in [1.165, 1.54) is 5.56 Å². The number of hydrogen-bond acceptors (Lipinski definition) is 6. The summed E-state index contributed by atoms with van der Waals surface area (Å²) in [5.74, 6) is 8.60. The Morgan fingerprint density at radius 1 is 1.24 bits per heavy atom. The van der Waals surface area contributed by atoms with E-state index in [9.17, 15) is 4.79 Å². The topological polar surface area (TPSA) is 93.6 Å². The van der Waals surface area contributed by atoms with Crippen molar-refractivity contribution in [3.63, 3.8) is 0 Å². The lowest BCUT2D eigenvalue weighted by Crippen LogP contribution is -2.28. The summed E-state index contributed by atoms with van der Waals surface area (Å²) in [5, 5.41) is 13.3. The fourth-order valence-corrected chi connectivity index (χ4v) is 4.33. The van der Waals surface area contributed by atoms with E-state index in [1.807, 2.05) is 24.4 Å². The van der Waals surface area contributed by atoms with Gasteiger partial charge in [-0.3, -0.25) is 0 Å². The van der Waals surface area contributed by atoms with Gasteiger partial charge in [0.25, 0.3) is 0 Å². The minimum absolute atomic E-state index is 0.126. The van der Waals surface area contributed by atoms with Crippen LogP contribution in [0.1, 0.15) is 47.7 Å². The van der Waals surface area contributed by atoms with Gasteiger partial charge in [-0.2, -0.15) is 0 Å². The molecule has 1 saturated carbocycles. The SMILES string of the molecule is CCc1nccn1Cc1cc(C#Cc2ccc(C3CC3CN3CC(CO)OC3=O)cc2)on1. The third kappa shape index (κ3) is 4.78. The number of rotatable bonds is 7. The molecule has 33 heavy (non-hydrogen) atoms. The minimum atomic E-state index is -0.396. The molecular formula is C25H26N4O4. The predicted molar refractivity (Wildman–Crippen MR) is 119 cm³/mol. The lowest BCUT2D eigenvalue weighted by molar-refractivity contribution is 0.0947. The summed E-state index contributed by atoms with van der Waals surface area (Å²) in [6.07, 6.45) is 4.93. The van der Waals surface area contributed by atoms with Crippen LogP contribution >= 0.6 is 0 Å². The van der Waals surface area contributed by atoms with Crippen molar-refractivity contribution in [2.45, 2.75) is 38.3 Å². The van der Waals surface area contributed by atoms with Crippen molar-refractivity contribution < 1.29 is 19.2 Å². The molecule has 2 aliphatic rings. The highest BCUT2D eigenvalue weighted by atomic mass is 16.6. The van der Waals surface area contributed by atoms with Gasteiger partial charge in [-0.25, -0.2) is 9.78 Å². The predicted octanol–water partition coefficient (Wildman–Crippen LogP) is 2.80. The number of amides is 1. The highest BCUT2D eigenvalue weighted by Crippen LogP contribution is 2.48. The molecule has 1 aromatic carbocycles. The number of aliphatic hydroxyl groups is 1. The van der Waals surface area contributed by atoms with Crippen molar-refractivity contribution in [2.75, 3.05) is 19.7 Å². The maximum atomic E-state index is 11.9. The lowest BCUT2D eigenvalue weighted by atomic mass is 10.1. The van der Waals surface area contributed by atoms with E-state index in [2.05, 4.69) is 45.6 Å². The van der Waals surface area contributed by atoms with E-state index in [1.54, 1.807) is 11.1 Å². The summed E-state index contributed by atoms with van der Waals surface area (Å²) in [5.41, 5.74) is 2.98. The first-order valence-corrected chi connectivity index (χ1v) is 11.3. The molecule has 5 rings (SSSR count). The first kappa shape index (κ1) is 21.3. The van der Waals surface area contributed by atoms with Crippen molar-refractivity contribution in [2.24, 2.45) is 5.92 Å². The number of carbonyl (C=O) groups excluding carboxylic acids is 1. The molecule has 1 N–H and O–H groups in total. The standard InChI is InChI=1S/C25H26N4O4/c1-2-24-26-9-10-28(24)14-20-12-21(33-27-20)8-5-17-3-6-18(7-4-17)23-11-19(23)13-29-15-22(16-30)32-25(29)31/h3-4,6-7,9-10,12,19,22-23,30H,2,11,13-16H2,1H3. The van der Waals surface area contributed by atoms with Gasteiger partial charge >= 0.3 is 6.09 Å². The number of benzene rings is 1. The summed E-state index contributed by atoms with van der Waals surface area (Å²) in [6, 6.07) is 10.1. The van der Waals surface area contributed by atoms with Gasteiger partial charge in [-0.1, -0.05) is 30.1 Å². The Morgan fingerprint density at radius 3 is 2.85 bits per heavy atom. The summed E-state index contributed by atoms with van der Waals surface area (Å²) in [7, 11) is 0. The normalized spacial score (nSPS) is 21.6. The van der Waals surface area contributed by atoms with E-state index < -0.39 is 6.10 Å². The van der Waals surface area contributed by atoms with E-state index in [0.717, 1.165) is 29.9 Å². The molecule has 8 nitrogen and oxygen atoms in total. The van der Waals surface area contributed by atoms with Crippen LogP contribution in [0.3, 0.4) is 0 Å². The molecule has 8 heteroatoms. The first-order chi connectivity index (χ1) is 16.1. The molecule has 3 unspecified atom stereocenters. The fraction of sp³-hybridized carbons (Fsp3) is 0.400. The zero-order valence-corrected chi connectivity index (χ0v) is 18.5. The number of cyclic esters (lactones) is 1.